The summed E-state index contributed by atoms with van der Waals surface area (Å²) in [4.78, 5) is 11.4. The number of nitrogen functional groups attached to an aromatic ring is 1. The van der Waals surface area contributed by atoms with Crippen LogP contribution in [-0.4, -0.2) is 10.2 Å². The molecule has 0 saturated carbocycles. The number of anilines is 1. The third-order valence-corrected chi connectivity index (χ3v) is 1.96. The number of H-pyrrole nitrogens is 1. The van der Waals surface area contributed by atoms with E-state index >= 15 is 0 Å². The van der Waals surface area contributed by atoms with Crippen molar-refractivity contribution in [2.45, 2.75) is 0 Å². The van der Waals surface area contributed by atoms with Crippen molar-refractivity contribution in [3.8, 4) is 11.1 Å². The number of hydrogen-bond acceptors (Lipinski definition) is 3. The molecule has 0 saturated heterocycles. The van der Waals surface area contributed by atoms with Crippen LogP contribution >= 0.6 is 0 Å². The third kappa shape index (κ3) is 1.85. The normalized spacial score (nSPS) is 10.2. The number of rotatable bonds is 1. The zero-order valence-electron chi connectivity index (χ0n) is 7.70. The summed E-state index contributed by atoms with van der Waals surface area (Å²) in [7, 11) is 0. The molecule has 0 aliphatic rings. The SMILES string of the molecule is Nc1cc(-c2cccc(F)c2)c(=O)[nH]n1. The Morgan fingerprint density at radius 3 is 2.87 bits per heavy atom. The Morgan fingerprint density at radius 1 is 1.33 bits per heavy atom. The predicted molar refractivity (Wildman–Crippen MR) is 54.7 cm³/mol. The first kappa shape index (κ1) is 9.39. The number of aromatic nitrogens is 2. The van der Waals surface area contributed by atoms with Crippen molar-refractivity contribution in [1.29, 1.82) is 0 Å². The predicted octanol–water partition coefficient (Wildman–Crippen LogP) is 1.16. The molecule has 1 aromatic heterocycles. The van der Waals surface area contributed by atoms with E-state index in [1.165, 1.54) is 24.3 Å². The average molecular weight is 205 g/mol. The van der Waals surface area contributed by atoms with E-state index in [1.807, 2.05) is 0 Å². The number of aromatic amines is 1. The zero-order chi connectivity index (χ0) is 10.8. The number of hydrogen-bond donors (Lipinski definition) is 2. The molecule has 15 heavy (non-hydrogen) atoms. The smallest absolute Gasteiger partial charge is 0.272 e. The lowest BCUT2D eigenvalue weighted by Gasteiger charge is -2.00. The Kier molecular flexibility index (Phi) is 2.21. The monoisotopic (exact) mass is 205 g/mol. The van der Waals surface area contributed by atoms with E-state index in [0.717, 1.165) is 0 Å². The van der Waals surface area contributed by atoms with Crippen LogP contribution in [0.3, 0.4) is 0 Å². The third-order valence-electron chi connectivity index (χ3n) is 1.96. The van der Waals surface area contributed by atoms with Gasteiger partial charge in [0.2, 0.25) is 0 Å². The van der Waals surface area contributed by atoms with Crippen molar-refractivity contribution >= 4 is 5.82 Å². The van der Waals surface area contributed by atoms with Gasteiger partial charge in [0.15, 0.2) is 0 Å². The molecule has 0 amide bonds. The molecule has 5 heteroatoms. The largest absolute Gasteiger partial charge is 0.382 e. The van der Waals surface area contributed by atoms with Crippen LogP contribution in [-0.2, 0) is 0 Å². The van der Waals surface area contributed by atoms with E-state index in [0.29, 0.717) is 11.1 Å². The zero-order valence-corrected chi connectivity index (χ0v) is 7.70. The summed E-state index contributed by atoms with van der Waals surface area (Å²) in [6, 6.07) is 7.15. The minimum atomic E-state index is -0.401. The standard InChI is InChI=1S/C10H8FN3O/c11-7-3-1-2-6(4-7)8-5-9(12)13-14-10(8)15/h1-5H,(H2,12,13)(H,14,15). The Labute approximate surface area is 84.6 Å². The number of nitrogens with one attached hydrogen (secondary N) is 1. The molecule has 0 aliphatic carbocycles. The van der Waals surface area contributed by atoms with Gasteiger partial charge in [0.1, 0.15) is 11.6 Å². The van der Waals surface area contributed by atoms with Gasteiger partial charge in [-0.2, -0.15) is 5.10 Å². The summed E-state index contributed by atoms with van der Waals surface area (Å²) >= 11 is 0. The van der Waals surface area contributed by atoms with Crippen LogP contribution in [0.5, 0.6) is 0 Å². The molecule has 3 N–H and O–H groups in total. The first-order valence-corrected chi connectivity index (χ1v) is 4.28. The van der Waals surface area contributed by atoms with Gasteiger partial charge in [-0.15, -0.1) is 0 Å². The molecule has 76 valence electrons. The van der Waals surface area contributed by atoms with Gasteiger partial charge in [-0.05, 0) is 23.8 Å². The Bertz CT molecular complexity index is 550. The van der Waals surface area contributed by atoms with Gasteiger partial charge in [-0.3, -0.25) is 4.79 Å². The second kappa shape index (κ2) is 3.53. The fourth-order valence-corrected chi connectivity index (χ4v) is 1.29. The van der Waals surface area contributed by atoms with Crippen LogP contribution < -0.4 is 11.3 Å². The summed E-state index contributed by atoms with van der Waals surface area (Å²) in [5.74, 6) is -0.212. The molecule has 0 bridgehead atoms. The summed E-state index contributed by atoms with van der Waals surface area (Å²) in [5.41, 5.74) is 5.82. The highest BCUT2D eigenvalue weighted by Crippen LogP contribution is 2.16. The first-order valence-electron chi connectivity index (χ1n) is 4.28. The quantitative estimate of drug-likeness (QED) is 0.733. The van der Waals surface area contributed by atoms with Crippen LogP contribution in [0.15, 0.2) is 35.1 Å². The van der Waals surface area contributed by atoms with Gasteiger partial charge in [0, 0.05) is 0 Å². The Balaban J connectivity index is 2.63. The minimum absolute atomic E-state index is 0.189. The van der Waals surface area contributed by atoms with E-state index in [1.54, 1.807) is 6.07 Å². The molecule has 0 aliphatic heterocycles. The molecular formula is C10H8FN3O. The second-order valence-corrected chi connectivity index (χ2v) is 3.05. The van der Waals surface area contributed by atoms with E-state index in [2.05, 4.69) is 10.2 Å². The number of halogens is 1. The lowest BCUT2D eigenvalue weighted by Crippen LogP contribution is -2.12. The topological polar surface area (TPSA) is 71.8 Å². The molecule has 0 unspecified atom stereocenters. The van der Waals surface area contributed by atoms with Crippen LogP contribution in [0.2, 0.25) is 0 Å². The summed E-state index contributed by atoms with van der Waals surface area (Å²) in [5, 5.41) is 5.77. The Hall–Kier alpha value is -2.17. The number of nitrogens with two attached hydrogens (primary N) is 1. The van der Waals surface area contributed by atoms with Gasteiger partial charge in [0.05, 0.1) is 5.56 Å². The molecule has 4 nitrogen and oxygen atoms in total. The van der Waals surface area contributed by atoms with Gasteiger partial charge in [-0.25, -0.2) is 9.49 Å². The van der Waals surface area contributed by atoms with Crippen LogP contribution in [0, 0.1) is 5.82 Å². The van der Waals surface area contributed by atoms with Gasteiger partial charge >= 0.3 is 0 Å². The maximum atomic E-state index is 12.9. The fraction of sp³-hybridized carbons (Fsp3) is 0. The second-order valence-electron chi connectivity index (χ2n) is 3.05. The number of benzene rings is 1. The molecule has 2 rings (SSSR count). The van der Waals surface area contributed by atoms with Gasteiger partial charge in [0.25, 0.3) is 5.56 Å². The lowest BCUT2D eigenvalue weighted by atomic mass is 10.1. The highest BCUT2D eigenvalue weighted by atomic mass is 19.1. The van der Waals surface area contributed by atoms with Crippen LogP contribution in [0.25, 0.3) is 11.1 Å². The average Bonchev–Trinajstić information content (AvgIpc) is 2.22. The molecule has 1 aromatic carbocycles. The van der Waals surface area contributed by atoms with Crippen molar-refractivity contribution in [2.75, 3.05) is 5.73 Å². The molecule has 0 spiro atoms. The highest BCUT2D eigenvalue weighted by molar-refractivity contribution is 5.64. The van der Waals surface area contributed by atoms with E-state index in [-0.39, 0.29) is 5.82 Å². The summed E-state index contributed by atoms with van der Waals surface area (Å²) in [6.45, 7) is 0. The van der Waals surface area contributed by atoms with Gasteiger partial charge < -0.3 is 5.73 Å². The molecule has 2 aromatic rings. The maximum absolute atomic E-state index is 12.9. The van der Waals surface area contributed by atoms with Crippen LogP contribution in [0.1, 0.15) is 0 Å². The van der Waals surface area contributed by atoms with Gasteiger partial charge in [-0.1, -0.05) is 12.1 Å². The molecule has 0 radical (unpaired) electrons. The van der Waals surface area contributed by atoms with E-state index < -0.39 is 11.4 Å². The molecular weight excluding hydrogens is 197 g/mol. The fourth-order valence-electron chi connectivity index (χ4n) is 1.29. The maximum Gasteiger partial charge on any atom is 0.272 e. The Morgan fingerprint density at radius 2 is 2.13 bits per heavy atom. The van der Waals surface area contributed by atoms with Crippen molar-refractivity contribution < 1.29 is 4.39 Å². The van der Waals surface area contributed by atoms with E-state index in [4.69, 9.17) is 5.73 Å². The van der Waals surface area contributed by atoms with Crippen molar-refractivity contribution in [3.63, 3.8) is 0 Å². The molecule has 0 atom stereocenters. The summed E-state index contributed by atoms with van der Waals surface area (Å²) in [6.07, 6.45) is 0. The molecule has 1 heterocycles. The van der Waals surface area contributed by atoms with Crippen molar-refractivity contribution in [1.82, 2.24) is 10.2 Å². The lowest BCUT2D eigenvalue weighted by molar-refractivity contribution is 0.628. The number of nitrogens with zero attached hydrogens (tertiary/aromatic N) is 1. The minimum Gasteiger partial charge on any atom is -0.382 e. The summed E-state index contributed by atoms with van der Waals surface area (Å²) < 4.78 is 12.9. The van der Waals surface area contributed by atoms with Crippen LogP contribution in [0.4, 0.5) is 10.2 Å². The first-order chi connectivity index (χ1) is 7.16. The highest BCUT2D eigenvalue weighted by Gasteiger charge is 2.04. The van der Waals surface area contributed by atoms with Crippen molar-refractivity contribution in [2.24, 2.45) is 0 Å². The molecule has 0 fully saturated rings. The van der Waals surface area contributed by atoms with E-state index in [9.17, 15) is 9.18 Å². The van der Waals surface area contributed by atoms with Crippen molar-refractivity contribution in [3.05, 3.63) is 46.5 Å².